The highest BCUT2D eigenvalue weighted by Crippen LogP contribution is 2.25. The lowest BCUT2D eigenvalue weighted by atomic mass is 10.0. The first-order valence-electron chi connectivity index (χ1n) is 9.24. The summed E-state index contributed by atoms with van der Waals surface area (Å²) in [5.74, 6) is 0.163. The van der Waals surface area contributed by atoms with Crippen LogP contribution in [0.25, 0.3) is 0 Å². The molecule has 1 aromatic heterocycles. The number of nitrogens with zero attached hydrogens (tertiary/aromatic N) is 3. The highest BCUT2D eigenvalue weighted by Gasteiger charge is 2.28. The maximum absolute atomic E-state index is 12.7. The van der Waals surface area contributed by atoms with E-state index in [1.54, 1.807) is 12.5 Å². The van der Waals surface area contributed by atoms with Crippen LogP contribution < -0.4 is 0 Å². The number of carbonyl (C=O) groups excluding carboxylic acids is 1. The van der Waals surface area contributed by atoms with Crippen LogP contribution in [0.15, 0.2) is 36.9 Å². The molecule has 0 saturated carbocycles. The Morgan fingerprint density at radius 1 is 1.20 bits per heavy atom. The number of hydrogen-bond acceptors (Lipinski definition) is 3. The second kappa shape index (κ2) is 7.00. The largest absolute Gasteiger partial charge is 0.391 e. The zero-order chi connectivity index (χ0) is 17.2. The first-order valence-corrected chi connectivity index (χ1v) is 9.24. The van der Waals surface area contributed by atoms with Gasteiger partial charge in [0.2, 0.25) is 5.91 Å². The maximum atomic E-state index is 12.7. The van der Waals surface area contributed by atoms with Gasteiger partial charge in [-0.3, -0.25) is 4.79 Å². The second-order valence-corrected chi connectivity index (χ2v) is 7.24. The van der Waals surface area contributed by atoms with Crippen molar-refractivity contribution in [3.63, 3.8) is 0 Å². The first kappa shape index (κ1) is 16.3. The van der Waals surface area contributed by atoms with E-state index in [4.69, 9.17) is 0 Å². The van der Waals surface area contributed by atoms with E-state index in [2.05, 4.69) is 23.2 Å². The van der Waals surface area contributed by atoms with Gasteiger partial charge in [0, 0.05) is 25.5 Å². The van der Waals surface area contributed by atoms with Crippen molar-refractivity contribution in [1.29, 1.82) is 0 Å². The molecular formula is C20H25N3O2. The van der Waals surface area contributed by atoms with Gasteiger partial charge in [-0.1, -0.05) is 18.2 Å². The molecule has 5 heteroatoms. The molecule has 1 aliphatic heterocycles. The van der Waals surface area contributed by atoms with E-state index in [1.807, 2.05) is 15.7 Å². The minimum atomic E-state index is -0.438. The van der Waals surface area contributed by atoms with Gasteiger partial charge in [-0.05, 0) is 48.8 Å². The Morgan fingerprint density at radius 2 is 2.04 bits per heavy atom. The highest BCUT2D eigenvalue weighted by molar-refractivity contribution is 5.79. The summed E-state index contributed by atoms with van der Waals surface area (Å²) in [4.78, 5) is 18.7. The molecule has 2 aromatic rings. The maximum Gasteiger partial charge on any atom is 0.226 e. The molecule has 0 unspecified atom stereocenters. The van der Waals surface area contributed by atoms with Crippen LogP contribution in [-0.4, -0.2) is 44.7 Å². The molecular weight excluding hydrogens is 314 g/mol. The molecule has 1 N–H and O–H groups in total. The van der Waals surface area contributed by atoms with E-state index >= 15 is 0 Å². The summed E-state index contributed by atoms with van der Waals surface area (Å²) in [5, 5.41) is 10.4. The lowest BCUT2D eigenvalue weighted by molar-refractivity contribution is -0.130. The van der Waals surface area contributed by atoms with E-state index in [0.29, 0.717) is 25.9 Å². The molecule has 1 amide bonds. The molecule has 2 heterocycles. The average molecular weight is 339 g/mol. The Kier molecular flexibility index (Phi) is 4.57. The van der Waals surface area contributed by atoms with Crippen molar-refractivity contribution in [2.75, 3.05) is 13.1 Å². The molecule has 0 radical (unpaired) electrons. The van der Waals surface area contributed by atoms with Gasteiger partial charge in [0.25, 0.3) is 0 Å². The molecule has 0 bridgehead atoms. The Bertz CT molecular complexity index is 741. The van der Waals surface area contributed by atoms with Crippen molar-refractivity contribution < 1.29 is 9.90 Å². The summed E-state index contributed by atoms with van der Waals surface area (Å²) in [6, 6.07) is 6.50. The number of likely N-dealkylation sites (tertiary alicyclic amines) is 1. The quantitative estimate of drug-likeness (QED) is 0.932. The number of aliphatic hydroxyl groups is 1. The Balaban J connectivity index is 1.41. The van der Waals surface area contributed by atoms with Crippen LogP contribution in [0.3, 0.4) is 0 Å². The molecule has 1 aliphatic carbocycles. The molecule has 0 spiro atoms. The van der Waals surface area contributed by atoms with E-state index in [0.717, 1.165) is 18.4 Å². The Labute approximate surface area is 148 Å². The molecule has 1 fully saturated rings. The number of benzene rings is 1. The summed E-state index contributed by atoms with van der Waals surface area (Å²) in [5.41, 5.74) is 3.97. The van der Waals surface area contributed by atoms with Gasteiger partial charge < -0.3 is 14.6 Å². The van der Waals surface area contributed by atoms with Crippen LogP contribution in [0.4, 0.5) is 0 Å². The predicted molar refractivity (Wildman–Crippen MR) is 95.3 cm³/mol. The minimum Gasteiger partial charge on any atom is -0.391 e. The minimum absolute atomic E-state index is 0.000273. The summed E-state index contributed by atoms with van der Waals surface area (Å²) in [7, 11) is 0. The van der Waals surface area contributed by atoms with E-state index in [-0.39, 0.29) is 11.9 Å². The van der Waals surface area contributed by atoms with Crippen LogP contribution in [-0.2, 0) is 24.1 Å². The molecule has 132 valence electrons. The van der Waals surface area contributed by atoms with Crippen molar-refractivity contribution in [2.45, 2.75) is 50.7 Å². The Hall–Kier alpha value is -2.14. The number of aryl methyl sites for hydroxylation is 2. The predicted octanol–water partition coefficient (Wildman–Crippen LogP) is 2.14. The van der Waals surface area contributed by atoms with E-state index in [9.17, 15) is 9.90 Å². The lowest BCUT2D eigenvalue weighted by Crippen LogP contribution is -2.33. The molecule has 1 aromatic carbocycles. The summed E-state index contributed by atoms with van der Waals surface area (Å²) in [6.45, 7) is 1.31. The number of imidazole rings is 1. The topological polar surface area (TPSA) is 58.4 Å². The summed E-state index contributed by atoms with van der Waals surface area (Å²) in [6.07, 6.45) is 10.3. The SMILES string of the molecule is O=C(Cc1ccc2c(c1)CCC2)N1CC[C@H](O)[C@@H](n2ccnc2)CC1. The fourth-order valence-electron chi connectivity index (χ4n) is 4.16. The van der Waals surface area contributed by atoms with Crippen molar-refractivity contribution in [1.82, 2.24) is 14.5 Å². The van der Waals surface area contributed by atoms with Crippen molar-refractivity contribution in [3.8, 4) is 0 Å². The highest BCUT2D eigenvalue weighted by atomic mass is 16.3. The summed E-state index contributed by atoms with van der Waals surface area (Å²) < 4.78 is 1.96. The number of hydrogen-bond donors (Lipinski definition) is 1. The number of rotatable bonds is 3. The molecule has 2 aliphatic rings. The van der Waals surface area contributed by atoms with E-state index in [1.165, 1.54) is 24.0 Å². The Morgan fingerprint density at radius 3 is 2.88 bits per heavy atom. The fraction of sp³-hybridized carbons (Fsp3) is 0.500. The van der Waals surface area contributed by atoms with Gasteiger partial charge >= 0.3 is 0 Å². The van der Waals surface area contributed by atoms with Crippen molar-refractivity contribution in [3.05, 3.63) is 53.6 Å². The third-order valence-corrected chi connectivity index (χ3v) is 5.61. The van der Waals surface area contributed by atoms with Crippen LogP contribution in [0, 0.1) is 0 Å². The smallest absolute Gasteiger partial charge is 0.226 e. The van der Waals surface area contributed by atoms with Gasteiger partial charge in [0.1, 0.15) is 0 Å². The summed E-state index contributed by atoms with van der Waals surface area (Å²) >= 11 is 0. The molecule has 1 saturated heterocycles. The number of fused-ring (bicyclic) bond motifs is 1. The van der Waals surface area contributed by atoms with E-state index < -0.39 is 6.10 Å². The number of carbonyl (C=O) groups is 1. The van der Waals surface area contributed by atoms with Crippen LogP contribution in [0.1, 0.15) is 42.0 Å². The fourth-order valence-corrected chi connectivity index (χ4v) is 4.16. The average Bonchev–Trinajstić information content (AvgIpc) is 3.25. The zero-order valence-corrected chi connectivity index (χ0v) is 14.5. The standard InChI is InChI=1S/C20H25N3O2/c24-19-7-10-22(9-6-18(19)23-11-8-21-14-23)20(25)13-15-4-5-16-2-1-3-17(16)12-15/h4-5,8,11-12,14,18-19,24H,1-3,6-7,9-10,13H2/t18-,19-/m0/s1. The monoisotopic (exact) mass is 339 g/mol. The third-order valence-electron chi connectivity index (χ3n) is 5.61. The number of aromatic nitrogens is 2. The van der Waals surface area contributed by atoms with Crippen LogP contribution in [0.5, 0.6) is 0 Å². The van der Waals surface area contributed by atoms with Gasteiger partial charge in [0.05, 0.1) is 24.9 Å². The normalized spacial score (nSPS) is 23.3. The van der Waals surface area contributed by atoms with Crippen LogP contribution >= 0.6 is 0 Å². The molecule has 25 heavy (non-hydrogen) atoms. The van der Waals surface area contributed by atoms with Crippen LogP contribution in [0.2, 0.25) is 0 Å². The molecule has 5 nitrogen and oxygen atoms in total. The van der Waals surface area contributed by atoms with Crippen molar-refractivity contribution >= 4 is 5.91 Å². The number of aliphatic hydroxyl groups excluding tert-OH is 1. The van der Waals surface area contributed by atoms with Gasteiger partial charge in [-0.25, -0.2) is 4.98 Å². The van der Waals surface area contributed by atoms with Crippen molar-refractivity contribution in [2.24, 2.45) is 0 Å². The lowest BCUT2D eigenvalue weighted by Gasteiger charge is -2.21. The third kappa shape index (κ3) is 3.47. The second-order valence-electron chi connectivity index (χ2n) is 7.24. The zero-order valence-electron chi connectivity index (χ0n) is 14.5. The molecule has 2 atom stereocenters. The molecule has 4 rings (SSSR count). The van der Waals surface area contributed by atoms with Gasteiger partial charge in [0.15, 0.2) is 0 Å². The number of amides is 1. The first-order chi connectivity index (χ1) is 12.2. The van der Waals surface area contributed by atoms with Gasteiger partial charge in [-0.2, -0.15) is 0 Å². The van der Waals surface area contributed by atoms with Gasteiger partial charge in [-0.15, -0.1) is 0 Å².